The van der Waals surface area contributed by atoms with Gasteiger partial charge >= 0.3 is 0 Å². The Morgan fingerprint density at radius 2 is 1.91 bits per heavy atom. The average molecular weight is 512 g/mol. The first-order valence-corrected chi connectivity index (χ1v) is 11.9. The van der Waals surface area contributed by atoms with Gasteiger partial charge in [0.2, 0.25) is 0 Å². The molecule has 0 bridgehead atoms. The normalized spacial score (nSPS) is 11.3. The van der Waals surface area contributed by atoms with Crippen molar-refractivity contribution in [2.24, 2.45) is 0 Å². The van der Waals surface area contributed by atoms with E-state index >= 15 is 0 Å². The maximum atomic E-state index is 13.3. The van der Waals surface area contributed by atoms with Gasteiger partial charge in [0.05, 0.1) is 28.2 Å². The monoisotopic (exact) mass is 511 g/mol. The molecule has 0 radical (unpaired) electrons. The zero-order valence-corrected chi connectivity index (χ0v) is 20.0. The molecule has 0 unspecified atom stereocenters. The Labute approximate surface area is 200 Å². The Morgan fingerprint density at radius 3 is 2.55 bits per heavy atom. The van der Waals surface area contributed by atoms with E-state index in [0.717, 1.165) is 6.26 Å². The van der Waals surface area contributed by atoms with Crippen molar-refractivity contribution in [3.05, 3.63) is 69.1 Å². The third kappa shape index (κ3) is 5.88. The quantitative estimate of drug-likeness (QED) is 0.465. The number of pyridine rings is 1. The van der Waals surface area contributed by atoms with Gasteiger partial charge in [-0.1, -0.05) is 23.2 Å². The van der Waals surface area contributed by atoms with Crippen molar-refractivity contribution >= 4 is 50.8 Å². The number of aryl methyl sites for hydroxylation is 1. The molecule has 0 fully saturated rings. The lowest BCUT2D eigenvalue weighted by molar-refractivity contribution is 0.0964. The lowest BCUT2D eigenvalue weighted by Crippen LogP contribution is -2.23. The van der Waals surface area contributed by atoms with E-state index in [2.05, 4.69) is 20.7 Å². The maximum Gasteiger partial charge on any atom is 0.274 e. The third-order valence-corrected chi connectivity index (χ3v) is 5.42. The van der Waals surface area contributed by atoms with E-state index in [9.17, 15) is 18.0 Å². The number of carbonyl (C=O) groups is 2. The van der Waals surface area contributed by atoms with Gasteiger partial charge in [0, 0.05) is 18.3 Å². The van der Waals surface area contributed by atoms with Crippen molar-refractivity contribution in [3.8, 4) is 5.82 Å². The van der Waals surface area contributed by atoms with Crippen LogP contribution in [0, 0.1) is 6.92 Å². The van der Waals surface area contributed by atoms with E-state index < -0.39 is 28.5 Å². The van der Waals surface area contributed by atoms with E-state index in [1.165, 1.54) is 30.1 Å². The van der Waals surface area contributed by atoms with Gasteiger partial charge in [0.15, 0.2) is 5.82 Å². The van der Waals surface area contributed by atoms with E-state index in [1.54, 1.807) is 25.1 Å². The van der Waals surface area contributed by atoms with Crippen molar-refractivity contribution in [2.75, 3.05) is 18.6 Å². The number of carbonyl (C=O) groups excluding carboxylic acids is 2. The van der Waals surface area contributed by atoms with Crippen LogP contribution in [0.25, 0.3) is 5.82 Å². The summed E-state index contributed by atoms with van der Waals surface area (Å²) in [6, 6.07) is 7.54. The van der Waals surface area contributed by atoms with Gasteiger partial charge in [0.1, 0.15) is 12.3 Å². The average Bonchev–Trinajstić information content (AvgIpc) is 3.17. The number of rotatable bonds is 7. The molecule has 13 heteroatoms. The van der Waals surface area contributed by atoms with Crippen molar-refractivity contribution in [1.29, 1.82) is 0 Å². The smallest absolute Gasteiger partial charge is 0.274 e. The van der Waals surface area contributed by atoms with Gasteiger partial charge < -0.3 is 10.6 Å². The first-order valence-electron chi connectivity index (χ1n) is 9.38. The Kier molecular flexibility index (Phi) is 7.38. The summed E-state index contributed by atoms with van der Waals surface area (Å²) in [7, 11) is -2.29. The predicted octanol–water partition coefficient (Wildman–Crippen LogP) is 2.97. The molecule has 0 saturated carbocycles. The summed E-state index contributed by atoms with van der Waals surface area (Å²) in [4.78, 5) is 29.8. The van der Waals surface area contributed by atoms with Gasteiger partial charge in [-0.25, -0.2) is 9.67 Å². The number of nitrogens with one attached hydrogen (secondary N) is 2. The van der Waals surface area contributed by atoms with Crippen LogP contribution >= 0.6 is 23.2 Å². The van der Waals surface area contributed by atoms with Crippen LogP contribution < -0.4 is 10.6 Å². The standard InChI is InChI=1S/C20H19Cl2N5O5S/c1-11-7-12(21)8-14(19(28)23-2)17(11)25-20(29)16-9-13(10-32-33(3,30)31)26-27(16)18-15(22)5-4-6-24-18/h4-9H,10H2,1-3H3,(H,23,28)(H,25,29). The van der Waals surface area contributed by atoms with Crippen molar-refractivity contribution < 1.29 is 22.2 Å². The molecule has 2 amide bonds. The van der Waals surface area contributed by atoms with Crippen LogP contribution in [-0.2, 0) is 20.9 Å². The summed E-state index contributed by atoms with van der Waals surface area (Å²) in [6.07, 6.45) is 2.36. The van der Waals surface area contributed by atoms with Crippen LogP contribution in [0.1, 0.15) is 32.1 Å². The van der Waals surface area contributed by atoms with Crippen molar-refractivity contribution in [2.45, 2.75) is 13.5 Å². The molecule has 1 aromatic carbocycles. The number of aromatic nitrogens is 3. The van der Waals surface area contributed by atoms with Gasteiger partial charge in [-0.05, 0) is 42.8 Å². The number of nitrogens with zero attached hydrogens (tertiary/aromatic N) is 3. The molecule has 33 heavy (non-hydrogen) atoms. The molecule has 2 aromatic heterocycles. The number of hydrogen-bond donors (Lipinski definition) is 2. The lowest BCUT2D eigenvalue weighted by atomic mass is 10.1. The van der Waals surface area contributed by atoms with Crippen LogP contribution in [0.15, 0.2) is 36.5 Å². The molecule has 0 aliphatic rings. The highest BCUT2D eigenvalue weighted by Crippen LogP contribution is 2.27. The molecule has 0 saturated heterocycles. The van der Waals surface area contributed by atoms with E-state index in [1.807, 2.05) is 0 Å². The van der Waals surface area contributed by atoms with Crippen LogP contribution in [0.2, 0.25) is 10.0 Å². The summed E-state index contributed by atoms with van der Waals surface area (Å²) in [5.74, 6) is -0.945. The molecule has 3 aromatic rings. The molecule has 174 valence electrons. The summed E-state index contributed by atoms with van der Waals surface area (Å²) < 4.78 is 28.7. The topological polar surface area (TPSA) is 132 Å². The van der Waals surface area contributed by atoms with Crippen LogP contribution in [-0.4, -0.2) is 48.3 Å². The minimum atomic E-state index is -3.74. The summed E-state index contributed by atoms with van der Waals surface area (Å²) in [6.45, 7) is 1.28. The number of anilines is 1. The largest absolute Gasteiger partial charge is 0.355 e. The summed E-state index contributed by atoms with van der Waals surface area (Å²) in [5.41, 5.74) is 1.10. The first kappa shape index (κ1) is 24.6. The molecule has 0 spiro atoms. The maximum absolute atomic E-state index is 13.3. The molecular formula is C20H19Cl2N5O5S. The lowest BCUT2D eigenvalue weighted by Gasteiger charge is -2.14. The number of hydrogen-bond acceptors (Lipinski definition) is 7. The van der Waals surface area contributed by atoms with Gasteiger partial charge in [-0.2, -0.15) is 13.5 Å². The van der Waals surface area contributed by atoms with Crippen LogP contribution in [0.3, 0.4) is 0 Å². The van der Waals surface area contributed by atoms with E-state index in [0.29, 0.717) is 10.6 Å². The van der Waals surface area contributed by atoms with Gasteiger partial charge in [-0.15, -0.1) is 0 Å². The fourth-order valence-corrected chi connectivity index (χ4v) is 3.73. The van der Waals surface area contributed by atoms with Crippen molar-refractivity contribution in [3.63, 3.8) is 0 Å². The zero-order chi connectivity index (χ0) is 24.3. The fourth-order valence-electron chi connectivity index (χ4n) is 2.92. The van der Waals surface area contributed by atoms with Gasteiger partial charge in [0.25, 0.3) is 21.9 Å². The summed E-state index contributed by atoms with van der Waals surface area (Å²) in [5, 5.41) is 9.98. The highest BCUT2D eigenvalue weighted by Gasteiger charge is 2.23. The summed E-state index contributed by atoms with van der Waals surface area (Å²) >= 11 is 12.3. The molecule has 10 nitrogen and oxygen atoms in total. The number of benzene rings is 1. The SMILES string of the molecule is CNC(=O)c1cc(Cl)cc(C)c1NC(=O)c1cc(COS(C)(=O)=O)nn1-c1ncccc1Cl. The number of amides is 2. The fraction of sp³-hybridized carbons (Fsp3) is 0.200. The Bertz CT molecular complexity index is 1340. The first-order chi connectivity index (χ1) is 15.5. The molecule has 3 rings (SSSR count). The molecule has 0 aliphatic carbocycles. The van der Waals surface area contributed by atoms with Gasteiger partial charge in [-0.3, -0.25) is 13.8 Å². The minimum Gasteiger partial charge on any atom is -0.355 e. The predicted molar refractivity (Wildman–Crippen MR) is 124 cm³/mol. The zero-order valence-electron chi connectivity index (χ0n) is 17.7. The molecule has 2 N–H and O–H groups in total. The number of halogens is 2. The second-order valence-corrected chi connectivity index (χ2v) is 9.37. The van der Waals surface area contributed by atoms with Crippen LogP contribution in [0.4, 0.5) is 5.69 Å². The molecule has 2 heterocycles. The third-order valence-electron chi connectivity index (χ3n) is 4.36. The molecule has 0 aliphatic heterocycles. The highest BCUT2D eigenvalue weighted by atomic mass is 35.5. The second kappa shape index (κ2) is 9.87. The van der Waals surface area contributed by atoms with Crippen molar-refractivity contribution in [1.82, 2.24) is 20.1 Å². The Balaban J connectivity index is 2.07. The Hall–Kier alpha value is -2.99. The second-order valence-electron chi connectivity index (χ2n) is 6.89. The van der Waals surface area contributed by atoms with E-state index in [-0.39, 0.29) is 33.5 Å². The van der Waals surface area contributed by atoms with E-state index in [4.69, 9.17) is 27.4 Å². The molecular weight excluding hydrogens is 493 g/mol. The Morgan fingerprint density at radius 1 is 1.18 bits per heavy atom. The van der Waals surface area contributed by atoms with Crippen LogP contribution in [0.5, 0.6) is 0 Å². The molecule has 0 atom stereocenters. The highest BCUT2D eigenvalue weighted by molar-refractivity contribution is 7.85. The minimum absolute atomic E-state index is 0.0140.